The monoisotopic (exact) mass is 486 g/mol. The first-order valence-corrected chi connectivity index (χ1v) is 11.7. The van der Waals surface area contributed by atoms with Crippen molar-refractivity contribution in [1.29, 1.82) is 0 Å². The zero-order chi connectivity index (χ0) is 23.2. The smallest absolute Gasteiger partial charge is 0.322 e. The van der Waals surface area contributed by atoms with Crippen LogP contribution >= 0.6 is 23.2 Å². The van der Waals surface area contributed by atoms with Crippen LogP contribution in [-0.2, 0) is 0 Å². The Bertz CT molecular complexity index is 815. The zero-order valence-electron chi connectivity index (χ0n) is 18.9. The number of ether oxygens (including phenoxy) is 2. The van der Waals surface area contributed by atoms with E-state index < -0.39 is 0 Å². The Morgan fingerprint density at radius 1 is 0.719 bits per heavy atom. The Morgan fingerprint density at radius 3 is 1.84 bits per heavy atom. The van der Waals surface area contributed by atoms with E-state index in [-0.39, 0.29) is 22.6 Å². The van der Waals surface area contributed by atoms with Gasteiger partial charge in [0.2, 0.25) is 22.5 Å². The van der Waals surface area contributed by atoms with Gasteiger partial charge in [0.25, 0.3) is 0 Å². The van der Waals surface area contributed by atoms with Gasteiger partial charge in [-0.3, -0.25) is 0 Å². The molecule has 2 rings (SSSR count). The summed E-state index contributed by atoms with van der Waals surface area (Å²) in [7, 11) is 3.00. The Kier molecular flexibility index (Phi) is 12.0. The Balaban J connectivity index is 1.52. The first kappa shape index (κ1) is 26.1. The molecule has 178 valence electrons. The van der Waals surface area contributed by atoms with E-state index in [4.69, 9.17) is 32.7 Å². The molecule has 1 unspecified atom stereocenters. The van der Waals surface area contributed by atoms with Gasteiger partial charge in [0, 0.05) is 12.6 Å². The number of rotatable bonds is 16. The second-order valence-corrected chi connectivity index (χ2v) is 7.95. The molecule has 2 aromatic heterocycles. The van der Waals surface area contributed by atoms with E-state index in [9.17, 15) is 0 Å². The topological polar surface area (TPSA) is 120 Å². The number of halogens is 2. The Morgan fingerprint density at radius 2 is 1.25 bits per heavy atom. The lowest BCUT2D eigenvalue weighted by atomic mass is 10.0. The predicted octanol–water partition coefficient (Wildman–Crippen LogP) is 4.80. The van der Waals surface area contributed by atoms with Crippen LogP contribution in [0.4, 0.5) is 11.9 Å². The lowest BCUT2D eigenvalue weighted by molar-refractivity contribution is 0.378. The van der Waals surface area contributed by atoms with Gasteiger partial charge in [-0.1, -0.05) is 45.4 Å². The van der Waals surface area contributed by atoms with E-state index >= 15 is 0 Å². The van der Waals surface area contributed by atoms with Crippen molar-refractivity contribution in [2.75, 3.05) is 31.4 Å². The molecular weight excluding hydrogens is 455 g/mol. The minimum Gasteiger partial charge on any atom is -0.467 e. The lowest BCUT2D eigenvalue weighted by Gasteiger charge is -2.17. The van der Waals surface area contributed by atoms with Crippen LogP contribution in [0.1, 0.15) is 64.7 Å². The number of aromatic nitrogens is 6. The number of hydrogen-bond donors (Lipinski definition) is 2. The van der Waals surface area contributed by atoms with Crippen molar-refractivity contribution in [3.8, 4) is 12.0 Å². The van der Waals surface area contributed by atoms with Crippen LogP contribution < -0.4 is 20.1 Å². The average molecular weight is 487 g/mol. The number of nitrogens with one attached hydrogen (secondary N) is 2. The van der Waals surface area contributed by atoms with E-state index in [0.717, 1.165) is 38.6 Å². The molecule has 0 aliphatic rings. The maximum atomic E-state index is 5.91. The van der Waals surface area contributed by atoms with E-state index in [1.807, 2.05) is 0 Å². The van der Waals surface area contributed by atoms with Crippen molar-refractivity contribution in [3.05, 3.63) is 10.6 Å². The molecule has 0 aliphatic heterocycles. The number of hydrogen-bond acceptors (Lipinski definition) is 10. The first-order valence-electron chi connectivity index (χ1n) is 11.0. The second-order valence-electron chi connectivity index (χ2n) is 7.27. The summed E-state index contributed by atoms with van der Waals surface area (Å²) in [5.74, 6) is 0.902. The summed E-state index contributed by atoms with van der Waals surface area (Å²) in [6.45, 7) is 2.94. The largest absolute Gasteiger partial charge is 0.467 e. The van der Waals surface area contributed by atoms with Crippen molar-refractivity contribution in [3.63, 3.8) is 0 Å². The number of methoxy groups -OCH3 is 2. The fraction of sp³-hybridized carbons (Fsp3) is 0.700. The maximum Gasteiger partial charge on any atom is 0.322 e. The molecule has 12 heteroatoms. The van der Waals surface area contributed by atoms with Crippen LogP contribution in [0.25, 0.3) is 0 Å². The fourth-order valence-electron chi connectivity index (χ4n) is 3.15. The highest BCUT2D eigenvalue weighted by atomic mass is 35.5. The van der Waals surface area contributed by atoms with Crippen molar-refractivity contribution in [1.82, 2.24) is 29.9 Å². The molecular formula is C20H32Cl2N8O2. The van der Waals surface area contributed by atoms with Crippen molar-refractivity contribution < 1.29 is 9.47 Å². The molecule has 32 heavy (non-hydrogen) atoms. The third-order valence-electron chi connectivity index (χ3n) is 4.88. The predicted molar refractivity (Wildman–Crippen MR) is 126 cm³/mol. The molecule has 0 amide bonds. The van der Waals surface area contributed by atoms with Gasteiger partial charge in [0.05, 0.1) is 14.2 Å². The SMILES string of the molecule is CCC(CCCCCCCCCNc1nc(Cl)nc(OC)n1)Nc1nc(Cl)nc(OC)n1. The van der Waals surface area contributed by atoms with Gasteiger partial charge in [0.15, 0.2) is 0 Å². The fourth-order valence-corrected chi connectivity index (χ4v) is 3.46. The van der Waals surface area contributed by atoms with Crippen LogP contribution in [0.5, 0.6) is 12.0 Å². The van der Waals surface area contributed by atoms with Gasteiger partial charge in [-0.25, -0.2) is 0 Å². The summed E-state index contributed by atoms with van der Waals surface area (Å²) in [4.78, 5) is 24.2. The highest BCUT2D eigenvalue weighted by molar-refractivity contribution is 6.28. The molecule has 0 saturated carbocycles. The average Bonchev–Trinajstić information content (AvgIpc) is 2.78. The van der Waals surface area contributed by atoms with Gasteiger partial charge >= 0.3 is 12.0 Å². The van der Waals surface area contributed by atoms with Crippen LogP contribution in [-0.4, -0.2) is 56.7 Å². The summed E-state index contributed by atoms with van der Waals surface area (Å²) in [5, 5.41) is 6.73. The van der Waals surface area contributed by atoms with Gasteiger partial charge in [-0.2, -0.15) is 29.9 Å². The maximum absolute atomic E-state index is 5.91. The van der Waals surface area contributed by atoms with Gasteiger partial charge < -0.3 is 20.1 Å². The van der Waals surface area contributed by atoms with Crippen LogP contribution in [0.2, 0.25) is 10.6 Å². The molecule has 1 atom stereocenters. The second kappa shape index (κ2) is 14.8. The summed E-state index contributed by atoms with van der Waals surface area (Å²) in [6, 6.07) is 0.728. The molecule has 10 nitrogen and oxygen atoms in total. The highest BCUT2D eigenvalue weighted by Crippen LogP contribution is 2.16. The molecule has 0 fully saturated rings. The number of unbranched alkanes of at least 4 members (excludes halogenated alkanes) is 6. The Hall–Kier alpha value is -2.20. The number of anilines is 2. The van der Waals surface area contributed by atoms with Crippen molar-refractivity contribution in [2.24, 2.45) is 0 Å². The van der Waals surface area contributed by atoms with Crippen LogP contribution in [0.15, 0.2) is 0 Å². The van der Waals surface area contributed by atoms with E-state index in [2.05, 4.69) is 47.5 Å². The van der Waals surface area contributed by atoms with Gasteiger partial charge in [0.1, 0.15) is 0 Å². The molecule has 0 spiro atoms. The van der Waals surface area contributed by atoms with Crippen LogP contribution in [0, 0.1) is 0 Å². The molecule has 2 aromatic rings. The molecule has 0 aromatic carbocycles. The van der Waals surface area contributed by atoms with Crippen LogP contribution in [0.3, 0.4) is 0 Å². The standard InChI is InChI=1S/C20H32Cl2N8O2/c1-4-14(24-18-26-16(22)28-20(30-18)32-3)12-10-8-6-5-7-9-11-13-23-17-25-15(21)27-19(29-17)31-2/h14H,4-13H2,1-3H3,(H,23,25,27,29)(H,24,26,28,30). The lowest BCUT2D eigenvalue weighted by Crippen LogP contribution is -2.20. The van der Waals surface area contributed by atoms with Crippen molar-refractivity contribution >= 4 is 35.1 Å². The third-order valence-corrected chi connectivity index (χ3v) is 5.22. The van der Waals surface area contributed by atoms with Crippen molar-refractivity contribution in [2.45, 2.75) is 70.8 Å². The summed E-state index contributed by atoms with van der Waals surface area (Å²) in [5.41, 5.74) is 0. The van der Waals surface area contributed by atoms with Gasteiger partial charge in [-0.05, 0) is 42.5 Å². The zero-order valence-corrected chi connectivity index (χ0v) is 20.4. The highest BCUT2D eigenvalue weighted by Gasteiger charge is 2.11. The Labute approximate surface area is 199 Å². The summed E-state index contributed by atoms with van der Waals surface area (Å²) < 4.78 is 10.0. The first-order chi connectivity index (χ1) is 15.5. The molecule has 2 heterocycles. The molecule has 0 bridgehead atoms. The molecule has 0 aliphatic carbocycles. The molecule has 2 N–H and O–H groups in total. The van der Waals surface area contributed by atoms with E-state index in [1.165, 1.54) is 39.9 Å². The molecule has 0 radical (unpaired) electrons. The van der Waals surface area contributed by atoms with Gasteiger partial charge in [-0.15, -0.1) is 0 Å². The minimum atomic E-state index is 0.122. The minimum absolute atomic E-state index is 0.122. The molecule has 0 saturated heterocycles. The van der Waals surface area contributed by atoms with E-state index in [1.54, 1.807) is 0 Å². The van der Waals surface area contributed by atoms with E-state index in [0.29, 0.717) is 17.9 Å². The summed E-state index contributed by atoms with van der Waals surface area (Å²) in [6.07, 6.45) is 10.3. The quantitative estimate of drug-likeness (QED) is 0.319. The summed E-state index contributed by atoms with van der Waals surface area (Å²) >= 11 is 11.7. The number of nitrogens with zero attached hydrogens (tertiary/aromatic N) is 6. The normalized spacial score (nSPS) is 11.8. The third kappa shape index (κ3) is 9.95.